The maximum Gasteiger partial charge on any atom is 0.337 e. The average molecular weight is 287 g/mol. The fourth-order valence-corrected chi connectivity index (χ4v) is 1.67. The van der Waals surface area contributed by atoms with Crippen LogP contribution in [0, 0.1) is 0 Å². The number of benzene rings is 1. The maximum atomic E-state index is 11.5. The first-order chi connectivity index (χ1) is 8.90. The first kappa shape index (κ1) is 15.0. The molecule has 0 heterocycles. The van der Waals surface area contributed by atoms with E-state index in [-0.39, 0.29) is 16.8 Å². The molecule has 0 N–H and O–H groups in total. The summed E-state index contributed by atoms with van der Waals surface area (Å²) in [5.41, 5.74) is 0.285. The molecule has 7 nitrogen and oxygen atoms in total. The van der Waals surface area contributed by atoms with E-state index < -0.39 is 22.8 Å². The number of rotatable bonds is 4. The minimum Gasteiger partial charge on any atom is -0.465 e. The molecule has 1 aromatic rings. The Kier molecular flexibility index (Phi) is 4.87. The molecule has 0 aliphatic rings. The lowest BCUT2D eigenvalue weighted by Gasteiger charge is -2.13. The summed E-state index contributed by atoms with van der Waals surface area (Å²) in [4.78, 5) is 23.0. The Morgan fingerprint density at radius 1 is 1.00 bits per heavy atom. The average Bonchev–Trinajstić information content (AvgIpc) is 2.43. The van der Waals surface area contributed by atoms with Crippen molar-refractivity contribution in [3.8, 4) is 0 Å². The van der Waals surface area contributed by atoms with Crippen molar-refractivity contribution in [1.82, 2.24) is 0 Å². The van der Waals surface area contributed by atoms with Crippen molar-refractivity contribution in [3.05, 3.63) is 29.3 Å². The number of ether oxygens (including phenoxy) is 2. The van der Waals surface area contributed by atoms with Crippen molar-refractivity contribution in [2.45, 2.75) is 0 Å². The minimum absolute atomic E-state index is 0.0594. The highest BCUT2D eigenvalue weighted by atomic mass is 32.2. The van der Waals surface area contributed by atoms with Gasteiger partial charge in [0.1, 0.15) is 0 Å². The van der Waals surface area contributed by atoms with E-state index in [1.165, 1.54) is 39.5 Å². The van der Waals surface area contributed by atoms with E-state index >= 15 is 0 Å². The van der Waals surface area contributed by atoms with Gasteiger partial charge in [0.05, 0.1) is 31.0 Å². The van der Waals surface area contributed by atoms with Crippen LogP contribution in [0.25, 0.3) is 0 Å². The van der Waals surface area contributed by atoms with Crippen molar-refractivity contribution in [3.63, 3.8) is 0 Å². The smallest absolute Gasteiger partial charge is 0.337 e. The van der Waals surface area contributed by atoms with Gasteiger partial charge in [-0.15, -0.1) is 0 Å². The van der Waals surface area contributed by atoms with E-state index in [1.807, 2.05) is 0 Å². The molecule has 104 valence electrons. The molecule has 0 saturated heterocycles. The number of thiol groups is 1. The highest BCUT2D eigenvalue weighted by Crippen LogP contribution is 2.20. The predicted molar refractivity (Wildman–Crippen MR) is 67.8 cm³/mol. The summed E-state index contributed by atoms with van der Waals surface area (Å²) >= 11 is 0. The fourth-order valence-electron chi connectivity index (χ4n) is 1.36. The number of carbonyl (C=O) groups excluding carboxylic acids is 2. The molecule has 0 aliphatic heterocycles. The minimum atomic E-state index is -2.88. The molecule has 0 fully saturated rings. The monoisotopic (exact) mass is 287 g/mol. The first-order valence-corrected chi connectivity index (χ1v) is 6.23. The Morgan fingerprint density at radius 2 is 1.42 bits per heavy atom. The van der Waals surface area contributed by atoms with Gasteiger partial charge in [0.25, 0.3) is 0 Å². The topological polar surface area (TPSA) is 90.0 Å². The zero-order valence-corrected chi connectivity index (χ0v) is 11.5. The maximum absolute atomic E-state index is 11.5. The molecule has 0 aromatic heterocycles. The van der Waals surface area contributed by atoms with Gasteiger partial charge in [-0.05, 0) is 18.2 Å². The van der Waals surface area contributed by atoms with Crippen LogP contribution < -0.4 is 4.31 Å². The van der Waals surface area contributed by atoms with Crippen LogP contribution in [0.1, 0.15) is 20.7 Å². The highest BCUT2D eigenvalue weighted by molar-refractivity contribution is 7.74. The van der Waals surface area contributed by atoms with Crippen molar-refractivity contribution in [1.29, 1.82) is 0 Å². The van der Waals surface area contributed by atoms with Crippen LogP contribution in [0.2, 0.25) is 0 Å². The lowest BCUT2D eigenvalue weighted by atomic mass is 10.1. The van der Waals surface area contributed by atoms with Gasteiger partial charge in [0, 0.05) is 7.05 Å². The zero-order chi connectivity index (χ0) is 14.6. The van der Waals surface area contributed by atoms with Gasteiger partial charge in [-0.25, -0.2) is 18.0 Å². The summed E-state index contributed by atoms with van der Waals surface area (Å²) in [6.45, 7) is 0. The standard InChI is InChI=1S/C11H13NO6S/c1-12(19(15)16)9-5-7(10(13)17-2)4-8(6-9)11(14)18-3/h4-6,19H,1-3H3. The van der Waals surface area contributed by atoms with Crippen molar-refractivity contribution in [2.24, 2.45) is 0 Å². The molecular weight excluding hydrogens is 274 g/mol. The van der Waals surface area contributed by atoms with E-state index in [2.05, 4.69) is 9.47 Å². The van der Waals surface area contributed by atoms with Crippen molar-refractivity contribution >= 4 is 28.5 Å². The fraction of sp³-hybridized carbons (Fsp3) is 0.273. The predicted octanol–water partition coefficient (Wildman–Crippen LogP) is 0.222. The Bertz CT molecular complexity index is 538. The number of esters is 2. The third-order valence-corrected chi connectivity index (χ3v) is 3.10. The lowest BCUT2D eigenvalue weighted by Crippen LogP contribution is -2.16. The summed E-state index contributed by atoms with van der Waals surface area (Å²) in [6.07, 6.45) is 0. The number of methoxy groups -OCH3 is 2. The van der Waals surface area contributed by atoms with Crippen LogP contribution in [0.5, 0.6) is 0 Å². The van der Waals surface area contributed by atoms with Crippen LogP contribution in [0.3, 0.4) is 0 Å². The molecule has 0 unspecified atom stereocenters. The number of carbonyl (C=O) groups is 2. The van der Waals surface area contributed by atoms with E-state index in [0.29, 0.717) is 0 Å². The molecule has 1 rings (SSSR count). The Balaban J connectivity index is 3.39. The van der Waals surface area contributed by atoms with Gasteiger partial charge < -0.3 is 9.47 Å². The van der Waals surface area contributed by atoms with Crippen LogP contribution in [-0.4, -0.2) is 41.6 Å². The normalized spacial score (nSPS) is 10.1. The Labute approximate surface area is 111 Å². The van der Waals surface area contributed by atoms with E-state index in [0.717, 1.165) is 4.31 Å². The summed E-state index contributed by atoms with van der Waals surface area (Å²) in [5.74, 6) is -1.36. The third kappa shape index (κ3) is 3.44. The second kappa shape index (κ2) is 6.19. The largest absolute Gasteiger partial charge is 0.465 e. The van der Waals surface area contributed by atoms with Gasteiger partial charge in [0.15, 0.2) is 0 Å². The SMILES string of the molecule is COC(=O)c1cc(C(=O)OC)cc(N(C)[SH](=O)=O)c1. The van der Waals surface area contributed by atoms with Crippen LogP contribution >= 0.6 is 0 Å². The van der Waals surface area contributed by atoms with Crippen molar-refractivity contribution in [2.75, 3.05) is 25.6 Å². The summed E-state index contributed by atoms with van der Waals surface area (Å²) in [7, 11) is 0.784. The van der Waals surface area contributed by atoms with Crippen LogP contribution in [0.15, 0.2) is 18.2 Å². The second-order valence-electron chi connectivity index (χ2n) is 3.51. The van der Waals surface area contributed by atoms with Crippen LogP contribution in [-0.2, 0) is 20.4 Å². The number of anilines is 1. The third-order valence-electron chi connectivity index (χ3n) is 2.38. The number of nitrogens with zero attached hydrogens (tertiary/aromatic N) is 1. The molecule has 1 aromatic carbocycles. The van der Waals surface area contributed by atoms with E-state index in [9.17, 15) is 18.0 Å². The first-order valence-electron chi connectivity index (χ1n) is 5.10. The molecule has 0 amide bonds. The van der Waals surface area contributed by atoms with Gasteiger partial charge in [-0.3, -0.25) is 4.31 Å². The van der Waals surface area contributed by atoms with E-state index in [1.54, 1.807) is 0 Å². The lowest BCUT2D eigenvalue weighted by molar-refractivity contribution is 0.0599. The summed E-state index contributed by atoms with van der Waals surface area (Å²) in [6, 6.07) is 3.89. The molecule has 0 aliphatic carbocycles. The number of hydrogen-bond acceptors (Lipinski definition) is 6. The van der Waals surface area contributed by atoms with Gasteiger partial charge in [0.2, 0.25) is 10.9 Å². The highest BCUT2D eigenvalue weighted by Gasteiger charge is 2.15. The molecule has 0 saturated carbocycles. The molecule has 0 radical (unpaired) electrons. The van der Waals surface area contributed by atoms with Gasteiger partial charge >= 0.3 is 11.9 Å². The van der Waals surface area contributed by atoms with E-state index in [4.69, 9.17) is 0 Å². The Morgan fingerprint density at radius 3 is 1.74 bits per heavy atom. The Hall–Kier alpha value is -2.09. The van der Waals surface area contributed by atoms with Gasteiger partial charge in [-0.2, -0.15) is 0 Å². The molecule has 8 heteroatoms. The molecule has 19 heavy (non-hydrogen) atoms. The second-order valence-corrected chi connectivity index (χ2v) is 4.59. The van der Waals surface area contributed by atoms with Gasteiger partial charge in [-0.1, -0.05) is 0 Å². The summed E-state index contributed by atoms with van der Waals surface area (Å²) < 4.78 is 31.9. The molecule has 0 atom stereocenters. The summed E-state index contributed by atoms with van der Waals surface area (Å²) in [5, 5.41) is 0. The molecule has 0 bridgehead atoms. The molecular formula is C11H13NO6S. The zero-order valence-electron chi connectivity index (χ0n) is 10.6. The quantitative estimate of drug-likeness (QED) is 0.629. The molecule has 0 spiro atoms. The number of hydrogen-bond donors (Lipinski definition) is 1. The van der Waals surface area contributed by atoms with Crippen LogP contribution in [0.4, 0.5) is 5.69 Å². The van der Waals surface area contributed by atoms with Crippen molar-refractivity contribution < 1.29 is 27.5 Å².